The Kier molecular flexibility index (Phi) is 4.39. The van der Waals surface area contributed by atoms with Gasteiger partial charge >= 0.3 is 0 Å². The van der Waals surface area contributed by atoms with E-state index < -0.39 is 0 Å². The highest BCUT2D eigenvalue weighted by molar-refractivity contribution is 7.19. The number of allylic oxidation sites excluding steroid dienone is 1. The lowest BCUT2D eigenvalue weighted by molar-refractivity contribution is 0.0990. The summed E-state index contributed by atoms with van der Waals surface area (Å²) in [6, 6.07) is 14.6. The fourth-order valence-electron chi connectivity index (χ4n) is 3.25. The molecule has 2 aromatic heterocycles. The normalized spacial score (nSPS) is 14.3. The molecule has 144 valence electrons. The lowest BCUT2D eigenvalue weighted by Crippen LogP contribution is -1.99. The molecule has 0 bridgehead atoms. The number of carbonyl (C=O) groups is 2. The van der Waals surface area contributed by atoms with Gasteiger partial charge in [0.05, 0.1) is 5.57 Å². The summed E-state index contributed by atoms with van der Waals surface area (Å²) < 4.78 is 5.69. The zero-order valence-corrected chi connectivity index (χ0v) is 17.2. The van der Waals surface area contributed by atoms with Crippen LogP contribution in [0.2, 0.25) is 5.02 Å². The van der Waals surface area contributed by atoms with Crippen LogP contribution in [0.15, 0.2) is 58.5 Å². The maximum absolute atomic E-state index is 12.7. The summed E-state index contributed by atoms with van der Waals surface area (Å²) in [7, 11) is 0. The van der Waals surface area contributed by atoms with E-state index in [0.717, 1.165) is 11.1 Å². The monoisotopic (exact) mass is 429 g/mol. The highest BCUT2D eigenvalue weighted by atomic mass is 35.5. The molecule has 0 amide bonds. The van der Waals surface area contributed by atoms with Crippen molar-refractivity contribution in [1.29, 1.82) is 0 Å². The van der Waals surface area contributed by atoms with E-state index in [1.165, 1.54) is 11.3 Å². The average Bonchev–Trinajstić information content (AvgIpc) is 3.35. The fourth-order valence-corrected chi connectivity index (χ4v) is 4.31. The summed E-state index contributed by atoms with van der Waals surface area (Å²) in [4.78, 5) is 31.2. The molecule has 0 N–H and O–H groups in total. The molecule has 0 spiro atoms. The number of Topliss-reactive ketones (excluding diaryl/α,β-unsaturated/α-hetero) is 2. The molecule has 0 aliphatic heterocycles. The number of hydrogen-bond acceptors (Lipinski definition) is 5. The van der Waals surface area contributed by atoms with Gasteiger partial charge in [0.15, 0.2) is 22.0 Å². The van der Waals surface area contributed by atoms with Gasteiger partial charge in [0, 0.05) is 32.7 Å². The minimum absolute atomic E-state index is 0.125. The Morgan fingerprint density at radius 3 is 2.50 bits per heavy atom. The number of carbonyl (C=O) groups excluding carboxylic acids is 2. The number of aryl methyl sites for hydroxylation is 1. The third kappa shape index (κ3) is 3.17. The first-order chi connectivity index (χ1) is 14.5. The Morgan fingerprint density at radius 2 is 1.77 bits per heavy atom. The number of thiophene rings is 1. The van der Waals surface area contributed by atoms with Gasteiger partial charge < -0.3 is 4.42 Å². The fraction of sp³-hybridized carbons (Fsp3) is 0.0417. The predicted molar refractivity (Wildman–Crippen MR) is 117 cm³/mol. The van der Waals surface area contributed by atoms with Gasteiger partial charge in [-0.1, -0.05) is 35.7 Å². The van der Waals surface area contributed by atoms with Crippen LogP contribution in [0, 0.1) is 18.8 Å². The molecule has 4 nitrogen and oxygen atoms in total. The molecule has 0 atom stereocenters. The number of fused-ring (bicyclic) bond motifs is 2. The third-order valence-electron chi connectivity index (χ3n) is 4.76. The molecule has 5 rings (SSSR count). The molecule has 0 saturated heterocycles. The summed E-state index contributed by atoms with van der Waals surface area (Å²) >= 11 is 7.46. The second-order valence-electron chi connectivity index (χ2n) is 6.82. The van der Waals surface area contributed by atoms with Crippen molar-refractivity contribution >= 4 is 51.0 Å². The van der Waals surface area contributed by atoms with Gasteiger partial charge in [-0.05, 0) is 48.7 Å². The van der Waals surface area contributed by atoms with Crippen LogP contribution in [0.3, 0.4) is 0 Å². The molecule has 0 fully saturated rings. The van der Waals surface area contributed by atoms with Gasteiger partial charge in [0.25, 0.3) is 5.89 Å². The number of ketones is 2. The largest absolute Gasteiger partial charge is 0.429 e. The van der Waals surface area contributed by atoms with Crippen LogP contribution in [-0.4, -0.2) is 16.6 Å². The molecule has 0 unspecified atom stereocenters. The zero-order valence-electron chi connectivity index (χ0n) is 15.7. The number of rotatable bonds is 1. The number of hydrogen-bond donors (Lipinski definition) is 0. The number of oxazole rings is 1. The Bertz CT molecular complexity index is 1370. The van der Waals surface area contributed by atoms with Gasteiger partial charge in [-0.2, -0.15) is 4.98 Å². The summed E-state index contributed by atoms with van der Waals surface area (Å²) in [6.07, 6.45) is 1.59. The van der Waals surface area contributed by atoms with Crippen molar-refractivity contribution in [3.63, 3.8) is 0 Å². The van der Waals surface area contributed by atoms with Crippen LogP contribution in [0.4, 0.5) is 0 Å². The first-order valence-corrected chi connectivity index (χ1v) is 10.3. The molecular formula is C24H12ClNO3S. The summed E-state index contributed by atoms with van der Waals surface area (Å²) in [5.41, 5.74) is 3.07. The summed E-state index contributed by atoms with van der Waals surface area (Å²) in [5, 5.41) is 0.470. The predicted octanol–water partition coefficient (Wildman–Crippen LogP) is 5.71. The molecule has 30 heavy (non-hydrogen) atoms. The van der Waals surface area contributed by atoms with E-state index in [9.17, 15) is 9.59 Å². The van der Waals surface area contributed by atoms with E-state index >= 15 is 0 Å². The van der Waals surface area contributed by atoms with Gasteiger partial charge in [-0.3, -0.25) is 9.59 Å². The number of benzene rings is 2. The third-order valence-corrected chi connectivity index (χ3v) is 6.12. The first-order valence-electron chi connectivity index (χ1n) is 9.08. The van der Waals surface area contributed by atoms with E-state index in [1.54, 1.807) is 31.2 Å². The standard InChI is InChI=1S/C24H12ClNO3S/c1-13-9-16-17(12-19(13)25)23(28)18(22(16)27)10-15-11-20-24(30-15)26-21(29-20)8-7-14-5-3-2-4-6-14/h2-6,9-12H,1H3/b18-10+. The number of aromatic nitrogens is 1. The van der Waals surface area contributed by atoms with Crippen LogP contribution < -0.4 is 0 Å². The van der Waals surface area contributed by atoms with E-state index in [-0.39, 0.29) is 17.1 Å². The summed E-state index contributed by atoms with van der Waals surface area (Å²) in [6.45, 7) is 1.81. The van der Waals surface area contributed by atoms with Crippen molar-refractivity contribution in [2.75, 3.05) is 0 Å². The van der Waals surface area contributed by atoms with Crippen molar-refractivity contribution in [3.8, 4) is 11.8 Å². The lowest BCUT2D eigenvalue weighted by Gasteiger charge is -2.00. The van der Waals surface area contributed by atoms with Gasteiger partial charge in [0.2, 0.25) is 0 Å². The minimum atomic E-state index is -0.315. The molecule has 6 heteroatoms. The Labute approximate surface area is 180 Å². The SMILES string of the molecule is Cc1cc2c(cc1Cl)C(=O)/C(=C/c1cc3oc(C#Cc4ccccc4)nc3s1)C2=O. The Balaban J connectivity index is 1.46. The molecule has 2 heterocycles. The van der Waals surface area contributed by atoms with E-state index in [2.05, 4.69) is 16.8 Å². The highest BCUT2D eigenvalue weighted by Crippen LogP contribution is 2.34. The Hall–Kier alpha value is -3.46. The van der Waals surface area contributed by atoms with Gasteiger partial charge in [0.1, 0.15) is 0 Å². The molecule has 0 saturated carbocycles. The maximum atomic E-state index is 12.7. The molecule has 1 aliphatic carbocycles. The molecular weight excluding hydrogens is 418 g/mol. The zero-order chi connectivity index (χ0) is 20.8. The van der Waals surface area contributed by atoms with Crippen LogP contribution in [0.1, 0.15) is 42.6 Å². The molecule has 1 aliphatic rings. The van der Waals surface area contributed by atoms with Crippen LogP contribution >= 0.6 is 22.9 Å². The van der Waals surface area contributed by atoms with Crippen LogP contribution in [-0.2, 0) is 0 Å². The number of nitrogens with zero attached hydrogens (tertiary/aromatic N) is 1. The van der Waals surface area contributed by atoms with Crippen LogP contribution in [0.5, 0.6) is 0 Å². The van der Waals surface area contributed by atoms with Crippen LogP contribution in [0.25, 0.3) is 16.5 Å². The van der Waals surface area contributed by atoms with Crippen molar-refractivity contribution in [2.24, 2.45) is 0 Å². The van der Waals surface area contributed by atoms with Crippen molar-refractivity contribution < 1.29 is 14.0 Å². The first kappa shape index (κ1) is 18.6. The topological polar surface area (TPSA) is 60.2 Å². The quantitative estimate of drug-likeness (QED) is 0.221. The van der Waals surface area contributed by atoms with E-state index in [1.807, 2.05) is 30.3 Å². The van der Waals surface area contributed by atoms with Crippen molar-refractivity contribution in [1.82, 2.24) is 4.98 Å². The smallest absolute Gasteiger partial charge is 0.275 e. The van der Waals surface area contributed by atoms with Crippen molar-refractivity contribution in [2.45, 2.75) is 6.92 Å². The van der Waals surface area contributed by atoms with E-state index in [4.69, 9.17) is 16.0 Å². The minimum Gasteiger partial charge on any atom is -0.429 e. The number of halogens is 1. The average molecular weight is 430 g/mol. The summed E-state index contributed by atoms with van der Waals surface area (Å²) in [5.74, 6) is 5.63. The van der Waals surface area contributed by atoms with Gasteiger partial charge in [-0.25, -0.2) is 0 Å². The highest BCUT2D eigenvalue weighted by Gasteiger charge is 2.34. The second kappa shape index (κ2) is 7.10. The van der Waals surface area contributed by atoms with Gasteiger partial charge in [-0.15, -0.1) is 11.3 Å². The maximum Gasteiger partial charge on any atom is 0.275 e. The Morgan fingerprint density at radius 1 is 1.03 bits per heavy atom. The molecule has 2 aromatic carbocycles. The second-order valence-corrected chi connectivity index (χ2v) is 8.29. The van der Waals surface area contributed by atoms with E-state index in [0.29, 0.717) is 37.3 Å². The van der Waals surface area contributed by atoms with Crippen molar-refractivity contribution in [3.05, 3.63) is 92.1 Å². The lowest BCUT2D eigenvalue weighted by atomic mass is 10.1. The molecule has 4 aromatic rings. The molecule has 0 radical (unpaired) electrons.